The van der Waals surface area contributed by atoms with E-state index >= 15 is 0 Å². The summed E-state index contributed by atoms with van der Waals surface area (Å²) in [5, 5.41) is 0. The summed E-state index contributed by atoms with van der Waals surface area (Å²) in [6.07, 6.45) is 1.70. The second-order valence-electron chi connectivity index (χ2n) is 4.23. The second kappa shape index (κ2) is 4.28. The first kappa shape index (κ1) is 10.8. The quantitative estimate of drug-likeness (QED) is 0.575. The number of carbonyl (C=O) groups excluding carboxylic acids is 1. The summed E-state index contributed by atoms with van der Waals surface area (Å²) in [6.45, 7) is 1.26. The van der Waals surface area contributed by atoms with E-state index in [1.165, 1.54) is 0 Å². The van der Waals surface area contributed by atoms with Crippen molar-refractivity contribution in [2.45, 2.75) is 0 Å². The molecule has 0 amide bonds. The van der Waals surface area contributed by atoms with E-state index in [-0.39, 0.29) is 5.97 Å². The Bertz CT molecular complexity index is 286. The number of aromatic nitrogens is 1. The molecular formula is C10H17N2O2+. The van der Waals surface area contributed by atoms with Gasteiger partial charge in [-0.2, -0.15) is 0 Å². The topological polar surface area (TPSA) is 42.1 Å². The van der Waals surface area contributed by atoms with E-state index in [1.807, 2.05) is 0 Å². The first-order valence-corrected chi connectivity index (χ1v) is 4.60. The summed E-state index contributed by atoms with van der Waals surface area (Å²) in [4.78, 5) is 14.1. The van der Waals surface area contributed by atoms with Crippen LogP contribution in [-0.4, -0.2) is 49.7 Å². The fourth-order valence-electron chi connectivity index (χ4n) is 0.947. The number of likely N-dealkylation sites (N-methyl/N-ethyl adjacent to an activating group) is 1. The average Bonchev–Trinajstić information content (AvgIpc) is 2.53. The fourth-order valence-corrected chi connectivity index (χ4v) is 0.947. The zero-order valence-corrected chi connectivity index (χ0v) is 8.91. The molecule has 0 atom stereocenters. The maximum atomic E-state index is 11.3. The number of ether oxygens (including phenoxy) is 1. The van der Waals surface area contributed by atoms with Gasteiger partial charge in [0.1, 0.15) is 18.8 Å². The third-order valence-corrected chi connectivity index (χ3v) is 1.81. The van der Waals surface area contributed by atoms with E-state index in [0.717, 1.165) is 11.0 Å². The molecule has 1 heterocycles. The lowest BCUT2D eigenvalue weighted by Gasteiger charge is -2.23. The van der Waals surface area contributed by atoms with E-state index in [1.54, 1.807) is 18.3 Å². The molecule has 0 aromatic carbocycles. The number of hydrogen-bond acceptors (Lipinski definition) is 2. The molecule has 0 aliphatic carbocycles. The number of nitrogens with zero attached hydrogens (tertiary/aromatic N) is 1. The van der Waals surface area contributed by atoms with E-state index in [9.17, 15) is 4.79 Å². The minimum atomic E-state index is -0.288. The molecular weight excluding hydrogens is 180 g/mol. The molecule has 0 spiro atoms. The van der Waals surface area contributed by atoms with E-state index in [4.69, 9.17) is 4.74 Å². The van der Waals surface area contributed by atoms with Crippen LogP contribution in [0.1, 0.15) is 10.5 Å². The predicted molar refractivity (Wildman–Crippen MR) is 54.0 cm³/mol. The molecule has 4 nitrogen and oxygen atoms in total. The highest BCUT2D eigenvalue weighted by Gasteiger charge is 2.11. The Kier molecular flexibility index (Phi) is 3.30. The molecule has 0 saturated heterocycles. The van der Waals surface area contributed by atoms with Crippen molar-refractivity contribution in [3.05, 3.63) is 24.0 Å². The molecule has 14 heavy (non-hydrogen) atoms. The van der Waals surface area contributed by atoms with Crippen molar-refractivity contribution >= 4 is 5.97 Å². The third-order valence-electron chi connectivity index (χ3n) is 1.81. The van der Waals surface area contributed by atoms with E-state index in [2.05, 4.69) is 26.1 Å². The van der Waals surface area contributed by atoms with E-state index in [0.29, 0.717) is 12.3 Å². The van der Waals surface area contributed by atoms with Crippen LogP contribution < -0.4 is 0 Å². The normalized spacial score (nSPS) is 11.4. The Balaban J connectivity index is 2.30. The number of rotatable bonds is 4. The van der Waals surface area contributed by atoms with Crippen LogP contribution in [0.4, 0.5) is 0 Å². The third kappa shape index (κ3) is 3.62. The average molecular weight is 197 g/mol. The van der Waals surface area contributed by atoms with Gasteiger partial charge in [0.25, 0.3) is 0 Å². The van der Waals surface area contributed by atoms with Gasteiger partial charge in [0.15, 0.2) is 0 Å². The lowest BCUT2D eigenvalue weighted by molar-refractivity contribution is -0.870. The Labute approximate surface area is 84.1 Å². The van der Waals surface area contributed by atoms with Crippen LogP contribution in [0, 0.1) is 0 Å². The largest absolute Gasteiger partial charge is 0.455 e. The smallest absolute Gasteiger partial charge is 0.354 e. The number of aromatic amines is 1. The highest BCUT2D eigenvalue weighted by atomic mass is 16.5. The van der Waals surface area contributed by atoms with Gasteiger partial charge in [-0.25, -0.2) is 4.79 Å². The summed E-state index contributed by atoms with van der Waals surface area (Å²) in [6, 6.07) is 3.48. The number of hydrogen-bond donors (Lipinski definition) is 1. The zero-order valence-electron chi connectivity index (χ0n) is 8.91. The number of nitrogens with one attached hydrogen (secondary N) is 1. The minimum absolute atomic E-state index is 0.288. The molecule has 1 rings (SSSR count). The maximum Gasteiger partial charge on any atom is 0.354 e. The molecule has 0 saturated carbocycles. The fraction of sp³-hybridized carbons (Fsp3) is 0.500. The molecule has 1 aromatic rings. The van der Waals surface area contributed by atoms with Crippen molar-refractivity contribution in [1.82, 2.24) is 4.98 Å². The van der Waals surface area contributed by atoms with Gasteiger partial charge in [-0.15, -0.1) is 0 Å². The molecule has 0 radical (unpaired) electrons. The van der Waals surface area contributed by atoms with Gasteiger partial charge in [-0.1, -0.05) is 0 Å². The van der Waals surface area contributed by atoms with Gasteiger partial charge < -0.3 is 14.2 Å². The van der Waals surface area contributed by atoms with Crippen LogP contribution in [0.15, 0.2) is 18.3 Å². The standard InChI is InChI=1S/C10H16N2O2/c1-12(2,3)7-8-14-10(13)9-5-4-6-11-9/h4-6H,7-8H2,1-3H3/p+1. The Morgan fingerprint density at radius 1 is 1.50 bits per heavy atom. The SMILES string of the molecule is C[N+](C)(C)CCOC(=O)c1ccc[nH]1. The van der Waals surface area contributed by atoms with Crippen molar-refractivity contribution in [3.63, 3.8) is 0 Å². The van der Waals surface area contributed by atoms with Crippen LogP contribution in [0.2, 0.25) is 0 Å². The molecule has 0 fully saturated rings. The first-order chi connectivity index (χ1) is 6.49. The van der Waals surface area contributed by atoms with Crippen LogP contribution in [-0.2, 0) is 4.74 Å². The molecule has 0 bridgehead atoms. The van der Waals surface area contributed by atoms with Crippen molar-refractivity contribution in [2.24, 2.45) is 0 Å². The molecule has 0 aliphatic rings. The van der Waals surface area contributed by atoms with Gasteiger partial charge in [0, 0.05) is 6.20 Å². The summed E-state index contributed by atoms with van der Waals surface area (Å²) < 4.78 is 5.87. The number of H-pyrrole nitrogens is 1. The van der Waals surface area contributed by atoms with Crippen LogP contribution in [0.5, 0.6) is 0 Å². The molecule has 4 heteroatoms. The van der Waals surface area contributed by atoms with Gasteiger partial charge >= 0.3 is 5.97 Å². The molecule has 78 valence electrons. The molecule has 1 aromatic heterocycles. The van der Waals surface area contributed by atoms with Gasteiger partial charge in [0.05, 0.1) is 21.1 Å². The Morgan fingerprint density at radius 3 is 2.71 bits per heavy atom. The van der Waals surface area contributed by atoms with Crippen LogP contribution in [0.3, 0.4) is 0 Å². The van der Waals surface area contributed by atoms with Gasteiger partial charge in [-0.3, -0.25) is 0 Å². The lowest BCUT2D eigenvalue weighted by Crippen LogP contribution is -2.38. The maximum absolute atomic E-state index is 11.3. The first-order valence-electron chi connectivity index (χ1n) is 4.60. The zero-order chi connectivity index (χ0) is 10.6. The minimum Gasteiger partial charge on any atom is -0.455 e. The Hall–Kier alpha value is -1.29. The van der Waals surface area contributed by atoms with Crippen LogP contribution in [0.25, 0.3) is 0 Å². The highest BCUT2D eigenvalue weighted by molar-refractivity contribution is 5.87. The van der Waals surface area contributed by atoms with Gasteiger partial charge in [0.2, 0.25) is 0 Å². The number of carbonyl (C=O) groups is 1. The Morgan fingerprint density at radius 2 is 2.21 bits per heavy atom. The number of esters is 1. The summed E-state index contributed by atoms with van der Waals surface area (Å²) in [5.74, 6) is -0.288. The van der Waals surface area contributed by atoms with Crippen molar-refractivity contribution < 1.29 is 14.0 Å². The predicted octanol–water partition coefficient (Wildman–Crippen LogP) is 0.878. The number of quaternary nitrogens is 1. The summed E-state index contributed by atoms with van der Waals surface area (Å²) in [5.41, 5.74) is 0.506. The molecule has 1 N–H and O–H groups in total. The monoisotopic (exact) mass is 197 g/mol. The van der Waals surface area contributed by atoms with Crippen molar-refractivity contribution in [3.8, 4) is 0 Å². The van der Waals surface area contributed by atoms with E-state index < -0.39 is 0 Å². The van der Waals surface area contributed by atoms with Crippen molar-refractivity contribution in [2.75, 3.05) is 34.3 Å². The van der Waals surface area contributed by atoms with Crippen molar-refractivity contribution in [1.29, 1.82) is 0 Å². The second-order valence-corrected chi connectivity index (χ2v) is 4.23. The van der Waals surface area contributed by atoms with Gasteiger partial charge in [-0.05, 0) is 12.1 Å². The highest BCUT2D eigenvalue weighted by Crippen LogP contribution is 1.98. The summed E-state index contributed by atoms with van der Waals surface area (Å²) in [7, 11) is 6.17. The molecule has 0 aliphatic heterocycles. The summed E-state index contributed by atoms with van der Waals surface area (Å²) >= 11 is 0. The molecule has 0 unspecified atom stereocenters. The van der Waals surface area contributed by atoms with Crippen LogP contribution >= 0.6 is 0 Å². The lowest BCUT2D eigenvalue weighted by atomic mass is 10.4.